The van der Waals surface area contributed by atoms with Crippen LogP contribution in [0.4, 0.5) is 0 Å². The Labute approximate surface area is 120 Å². The number of carboxylic acid groups (broad SMARTS) is 1. The molecular formula is C16H24N2O2. The lowest BCUT2D eigenvalue weighted by Gasteiger charge is -2.38. The monoisotopic (exact) mass is 276 g/mol. The maximum atomic E-state index is 11.6. The highest BCUT2D eigenvalue weighted by atomic mass is 16.4. The number of hydrogen-bond donors (Lipinski definition) is 1. The van der Waals surface area contributed by atoms with E-state index in [4.69, 9.17) is 0 Å². The van der Waals surface area contributed by atoms with Crippen molar-refractivity contribution in [2.24, 2.45) is 5.41 Å². The van der Waals surface area contributed by atoms with E-state index in [0.717, 1.165) is 51.0 Å². The highest BCUT2D eigenvalue weighted by Gasteiger charge is 2.40. The van der Waals surface area contributed by atoms with Gasteiger partial charge < -0.3 is 5.11 Å². The molecule has 20 heavy (non-hydrogen) atoms. The molecule has 0 aromatic carbocycles. The molecule has 1 N–H and O–H groups in total. The number of carboxylic acids is 1. The van der Waals surface area contributed by atoms with E-state index in [-0.39, 0.29) is 0 Å². The van der Waals surface area contributed by atoms with Gasteiger partial charge in [-0.3, -0.25) is 14.7 Å². The van der Waals surface area contributed by atoms with E-state index in [9.17, 15) is 9.90 Å². The van der Waals surface area contributed by atoms with Crippen LogP contribution in [-0.4, -0.2) is 34.0 Å². The van der Waals surface area contributed by atoms with Crippen molar-refractivity contribution in [2.75, 3.05) is 13.1 Å². The van der Waals surface area contributed by atoms with Gasteiger partial charge in [-0.1, -0.05) is 19.4 Å². The Morgan fingerprint density at radius 1 is 1.45 bits per heavy atom. The summed E-state index contributed by atoms with van der Waals surface area (Å²) in [7, 11) is 0. The Morgan fingerprint density at radius 2 is 2.15 bits per heavy atom. The first-order valence-corrected chi connectivity index (χ1v) is 7.43. The summed E-state index contributed by atoms with van der Waals surface area (Å²) >= 11 is 0. The van der Waals surface area contributed by atoms with Crippen molar-refractivity contribution < 1.29 is 9.90 Å². The SMILES string of the molecule is CCCC1(C(=O)O)CCN(Cc2ncccc2C)CC1. The van der Waals surface area contributed by atoms with E-state index in [1.54, 1.807) is 0 Å². The van der Waals surface area contributed by atoms with Gasteiger partial charge in [0.15, 0.2) is 0 Å². The van der Waals surface area contributed by atoms with Crippen LogP contribution in [0.15, 0.2) is 18.3 Å². The Hall–Kier alpha value is -1.42. The van der Waals surface area contributed by atoms with Gasteiger partial charge in [-0.05, 0) is 50.9 Å². The summed E-state index contributed by atoms with van der Waals surface area (Å²) in [6.07, 6.45) is 5.06. The second-order valence-electron chi connectivity index (χ2n) is 5.88. The fourth-order valence-electron chi connectivity index (χ4n) is 3.08. The summed E-state index contributed by atoms with van der Waals surface area (Å²) < 4.78 is 0. The van der Waals surface area contributed by atoms with Crippen LogP contribution < -0.4 is 0 Å². The van der Waals surface area contributed by atoms with Crippen LogP contribution in [0.25, 0.3) is 0 Å². The summed E-state index contributed by atoms with van der Waals surface area (Å²) in [6, 6.07) is 4.02. The van der Waals surface area contributed by atoms with Crippen LogP contribution >= 0.6 is 0 Å². The minimum Gasteiger partial charge on any atom is -0.481 e. The molecule has 1 saturated heterocycles. The summed E-state index contributed by atoms with van der Waals surface area (Å²) in [5, 5.41) is 9.51. The largest absolute Gasteiger partial charge is 0.481 e. The average molecular weight is 276 g/mol. The quantitative estimate of drug-likeness (QED) is 0.898. The molecule has 0 saturated carbocycles. The van der Waals surface area contributed by atoms with Gasteiger partial charge in [-0.25, -0.2) is 0 Å². The van der Waals surface area contributed by atoms with Crippen LogP contribution in [0, 0.1) is 12.3 Å². The van der Waals surface area contributed by atoms with Crippen molar-refractivity contribution in [3.63, 3.8) is 0 Å². The van der Waals surface area contributed by atoms with E-state index in [1.165, 1.54) is 5.56 Å². The summed E-state index contributed by atoms with van der Waals surface area (Å²) in [4.78, 5) is 18.3. The fourth-order valence-corrected chi connectivity index (χ4v) is 3.08. The molecule has 0 spiro atoms. The predicted octanol–water partition coefficient (Wildman–Crippen LogP) is 2.86. The van der Waals surface area contributed by atoms with Crippen LogP contribution in [0.2, 0.25) is 0 Å². The summed E-state index contributed by atoms with van der Waals surface area (Å²) in [5.74, 6) is -0.618. The molecule has 0 atom stereocenters. The highest BCUT2D eigenvalue weighted by molar-refractivity contribution is 5.74. The van der Waals surface area contributed by atoms with Gasteiger partial charge in [-0.15, -0.1) is 0 Å². The lowest BCUT2D eigenvalue weighted by molar-refractivity contribution is -0.152. The lowest BCUT2D eigenvalue weighted by atomic mass is 9.75. The maximum absolute atomic E-state index is 11.6. The van der Waals surface area contributed by atoms with Crippen molar-refractivity contribution >= 4 is 5.97 Å². The number of aryl methyl sites for hydroxylation is 1. The van der Waals surface area contributed by atoms with Gasteiger partial charge in [0.1, 0.15) is 0 Å². The van der Waals surface area contributed by atoms with Crippen LogP contribution in [0.3, 0.4) is 0 Å². The zero-order chi connectivity index (χ0) is 14.6. The third-order valence-electron chi connectivity index (χ3n) is 4.49. The smallest absolute Gasteiger partial charge is 0.309 e. The van der Waals surface area contributed by atoms with Crippen LogP contribution in [0.5, 0.6) is 0 Å². The predicted molar refractivity (Wildman–Crippen MR) is 78.5 cm³/mol. The van der Waals surface area contributed by atoms with Crippen molar-refractivity contribution in [1.29, 1.82) is 0 Å². The molecule has 1 aromatic heterocycles. The molecule has 1 aliphatic heterocycles. The van der Waals surface area contributed by atoms with Crippen molar-refractivity contribution in [1.82, 2.24) is 9.88 Å². The molecule has 0 aliphatic carbocycles. The number of likely N-dealkylation sites (tertiary alicyclic amines) is 1. The molecule has 0 unspecified atom stereocenters. The number of pyridine rings is 1. The van der Waals surface area contributed by atoms with Gasteiger partial charge in [-0.2, -0.15) is 0 Å². The first-order valence-electron chi connectivity index (χ1n) is 7.43. The molecule has 1 aliphatic rings. The minimum atomic E-state index is -0.618. The zero-order valence-electron chi connectivity index (χ0n) is 12.4. The second-order valence-corrected chi connectivity index (χ2v) is 5.88. The zero-order valence-corrected chi connectivity index (χ0v) is 12.4. The number of aromatic nitrogens is 1. The number of aliphatic carboxylic acids is 1. The van der Waals surface area contributed by atoms with Crippen molar-refractivity contribution in [3.05, 3.63) is 29.6 Å². The van der Waals surface area contributed by atoms with E-state index in [2.05, 4.69) is 29.8 Å². The van der Waals surface area contributed by atoms with E-state index in [0.29, 0.717) is 0 Å². The van der Waals surface area contributed by atoms with Crippen molar-refractivity contribution in [3.8, 4) is 0 Å². The standard InChI is InChI=1S/C16H24N2O2/c1-3-6-16(15(19)20)7-10-18(11-8-16)12-14-13(2)5-4-9-17-14/h4-5,9H,3,6-8,10-12H2,1-2H3,(H,19,20). The van der Waals surface area contributed by atoms with E-state index in [1.807, 2.05) is 12.3 Å². The molecule has 110 valence electrons. The molecule has 4 heteroatoms. The molecule has 1 aromatic rings. The van der Waals surface area contributed by atoms with Crippen molar-refractivity contribution in [2.45, 2.75) is 46.1 Å². The molecular weight excluding hydrogens is 252 g/mol. The number of rotatable bonds is 5. The Kier molecular flexibility index (Phi) is 4.76. The van der Waals surface area contributed by atoms with E-state index >= 15 is 0 Å². The Balaban J connectivity index is 1.97. The maximum Gasteiger partial charge on any atom is 0.309 e. The first-order chi connectivity index (χ1) is 9.57. The van der Waals surface area contributed by atoms with Gasteiger partial charge in [0, 0.05) is 12.7 Å². The van der Waals surface area contributed by atoms with Gasteiger partial charge >= 0.3 is 5.97 Å². The Morgan fingerprint density at radius 3 is 2.70 bits per heavy atom. The number of carbonyl (C=O) groups is 1. The van der Waals surface area contributed by atoms with Crippen LogP contribution in [-0.2, 0) is 11.3 Å². The number of nitrogens with zero attached hydrogens (tertiary/aromatic N) is 2. The fraction of sp³-hybridized carbons (Fsp3) is 0.625. The highest BCUT2D eigenvalue weighted by Crippen LogP contribution is 2.36. The minimum absolute atomic E-state index is 0.496. The van der Waals surface area contributed by atoms with Gasteiger partial charge in [0.25, 0.3) is 0 Å². The molecule has 2 heterocycles. The third-order valence-corrected chi connectivity index (χ3v) is 4.49. The lowest BCUT2D eigenvalue weighted by Crippen LogP contribution is -2.44. The third kappa shape index (κ3) is 3.18. The average Bonchev–Trinajstić information content (AvgIpc) is 2.43. The van der Waals surface area contributed by atoms with Crippen LogP contribution in [0.1, 0.15) is 43.9 Å². The second kappa shape index (κ2) is 6.35. The first kappa shape index (κ1) is 15.0. The topological polar surface area (TPSA) is 53.4 Å². The Bertz CT molecular complexity index is 465. The molecule has 4 nitrogen and oxygen atoms in total. The molecule has 0 bridgehead atoms. The normalized spacial score (nSPS) is 18.9. The molecule has 0 radical (unpaired) electrons. The van der Waals surface area contributed by atoms with Gasteiger partial charge in [0.05, 0.1) is 11.1 Å². The molecule has 0 amide bonds. The number of piperidine rings is 1. The summed E-state index contributed by atoms with van der Waals surface area (Å²) in [5.41, 5.74) is 1.81. The van der Waals surface area contributed by atoms with E-state index < -0.39 is 11.4 Å². The molecule has 1 fully saturated rings. The van der Waals surface area contributed by atoms with Gasteiger partial charge in [0.2, 0.25) is 0 Å². The summed E-state index contributed by atoms with van der Waals surface area (Å²) in [6.45, 7) is 6.67. The molecule has 2 rings (SSSR count). The number of hydrogen-bond acceptors (Lipinski definition) is 3.